The van der Waals surface area contributed by atoms with Crippen molar-refractivity contribution in [2.45, 2.75) is 26.7 Å². The number of nitrogens with one attached hydrogen (secondary N) is 2. The number of hydrogen-bond acceptors (Lipinski definition) is 5. The van der Waals surface area contributed by atoms with Crippen LogP contribution in [0, 0.1) is 6.92 Å². The molecule has 1 amide bonds. The van der Waals surface area contributed by atoms with Crippen LogP contribution in [-0.4, -0.2) is 21.0 Å². The minimum atomic E-state index is -0.258. The minimum absolute atomic E-state index is 0.220. The normalized spacial score (nSPS) is 11.0. The highest BCUT2D eigenvalue weighted by Crippen LogP contribution is 2.27. The molecule has 156 valence electrons. The predicted octanol–water partition coefficient (Wildman–Crippen LogP) is 5.45. The van der Waals surface area contributed by atoms with Crippen LogP contribution in [0.2, 0.25) is 0 Å². The second-order valence-electron chi connectivity index (χ2n) is 7.56. The minimum Gasteiger partial charge on any atom is -0.434 e. The maximum atomic E-state index is 12.5. The number of nitrogens with zero attached hydrogens (tertiary/aromatic N) is 2. The molecule has 0 bridgehead atoms. The molecule has 4 rings (SSSR count). The number of aryl methyl sites for hydroxylation is 1. The number of oxazole rings is 1. The van der Waals surface area contributed by atoms with Crippen molar-refractivity contribution >= 4 is 40.2 Å². The van der Waals surface area contributed by atoms with Crippen molar-refractivity contribution in [3.63, 3.8) is 0 Å². The van der Waals surface area contributed by atoms with Gasteiger partial charge in [-0.05, 0) is 72.6 Å². The van der Waals surface area contributed by atoms with E-state index in [9.17, 15) is 4.79 Å². The van der Waals surface area contributed by atoms with Gasteiger partial charge in [0.05, 0.1) is 0 Å². The molecule has 0 radical (unpaired) electrons. The number of rotatable bonds is 4. The number of thiocarbonyl (C=S) groups is 1. The van der Waals surface area contributed by atoms with E-state index in [2.05, 4.69) is 34.4 Å². The molecule has 2 N–H and O–H groups in total. The molecule has 4 aromatic rings. The van der Waals surface area contributed by atoms with E-state index in [0.29, 0.717) is 28.6 Å². The number of fused-ring (bicyclic) bond motifs is 1. The van der Waals surface area contributed by atoms with Crippen LogP contribution in [-0.2, 0) is 0 Å². The molecule has 0 fully saturated rings. The topological polar surface area (TPSA) is 80.1 Å². The summed E-state index contributed by atoms with van der Waals surface area (Å²) in [5.41, 5.74) is 5.42. The van der Waals surface area contributed by atoms with E-state index in [1.165, 1.54) is 5.56 Å². The van der Waals surface area contributed by atoms with Gasteiger partial charge in [-0.1, -0.05) is 32.0 Å². The maximum Gasteiger partial charge on any atom is 0.257 e. The first-order valence-corrected chi connectivity index (χ1v) is 10.4. The fourth-order valence-corrected chi connectivity index (χ4v) is 3.33. The average Bonchev–Trinajstić information content (AvgIpc) is 3.19. The third kappa shape index (κ3) is 4.62. The van der Waals surface area contributed by atoms with Crippen LogP contribution in [0.15, 0.2) is 65.2 Å². The molecule has 0 saturated heterocycles. The molecule has 2 aromatic carbocycles. The van der Waals surface area contributed by atoms with Crippen LogP contribution in [0.5, 0.6) is 0 Å². The Labute approximate surface area is 185 Å². The van der Waals surface area contributed by atoms with Gasteiger partial charge in [0, 0.05) is 23.0 Å². The van der Waals surface area contributed by atoms with Gasteiger partial charge in [0.1, 0.15) is 0 Å². The molecule has 0 unspecified atom stereocenters. The van der Waals surface area contributed by atoms with Gasteiger partial charge < -0.3 is 9.73 Å². The van der Waals surface area contributed by atoms with E-state index in [1.807, 2.05) is 43.3 Å². The Bertz CT molecular complexity index is 1230. The molecule has 6 nitrogen and oxygen atoms in total. The molecule has 7 heteroatoms. The monoisotopic (exact) mass is 430 g/mol. The standard InChI is InChI=1S/C24H22N4O2S/c1-14(2)16-8-10-17(11-9-16)22(29)28-24(31)26-19-13-18(7-6-15(19)3)23-27-21-20(30-23)5-4-12-25-21/h4-14H,1-3H3,(H2,26,28,29,31). The van der Waals surface area contributed by atoms with Gasteiger partial charge in [-0.15, -0.1) is 0 Å². The first kappa shape index (κ1) is 20.7. The zero-order chi connectivity index (χ0) is 22.0. The molecular weight excluding hydrogens is 408 g/mol. The fourth-order valence-electron chi connectivity index (χ4n) is 3.13. The molecule has 2 heterocycles. The lowest BCUT2D eigenvalue weighted by atomic mass is 10.0. The van der Waals surface area contributed by atoms with Crippen LogP contribution in [0.25, 0.3) is 22.7 Å². The summed E-state index contributed by atoms with van der Waals surface area (Å²) in [7, 11) is 0. The Kier molecular flexibility index (Phi) is 5.77. The van der Waals surface area contributed by atoms with Gasteiger partial charge in [0.15, 0.2) is 16.3 Å². The maximum absolute atomic E-state index is 12.5. The van der Waals surface area contributed by atoms with Crippen molar-refractivity contribution in [3.05, 3.63) is 77.5 Å². The Morgan fingerprint density at radius 2 is 1.87 bits per heavy atom. The number of benzene rings is 2. The quantitative estimate of drug-likeness (QED) is 0.419. The van der Waals surface area contributed by atoms with Crippen molar-refractivity contribution < 1.29 is 9.21 Å². The molecule has 0 spiro atoms. The molecule has 0 aliphatic heterocycles. The van der Waals surface area contributed by atoms with Crippen LogP contribution < -0.4 is 10.6 Å². The van der Waals surface area contributed by atoms with E-state index in [1.54, 1.807) is 24.4 Å². The summed E-state index contributed by atoms with van der Waals surface area (Å²) < 4.78 is 5.80. The van der Waals surface area contributed by atoms with Gasteiger partial charge in [0.25, 0.3) is 5.91 Å². The highest BCUT2D eigenvalue weighted by molar-refractivity contribution is 7.80. The van der Waals surface area contributed by atoms with Gasteiger partial charge >= 0.3 is 0 Å². The van der Waals surface area contributed by atoms with E-state index in [0.717, 1.165) is 16.8 Å². The first-order chi connectivity index (χ1) is 14.9. The Morgan fingerprint density at radius 3 is 2.58 bits per heavy atom. The molecule has 2 aromatic heterocycles. The number of aromatic nitrogens is 2. The number of pyridine rings is 1. The third-order valence-corrected chi connectivity index (χ3v) is 5.17. The molecule has 0 aliphatic rings. The molecule has 31 heavy (non-hydrogen) atoms. The SMILES string of the molecule is Cc1ccc(-c2nc3ncccc3o2)cc1NC(=S)NC(=O)c1ccc(C(C)C)cc1. The van der Waals surface area contributed by atoms with E-state index in [-0.39, 0.29) is 11.0 Å². The summed E-state index contributed by atoms with van der Waals surface area (Å²) >= 11 is 5.36. The fraction of sp³-hybridized carbons (Fsp3) is 0.167. The summed E-state index contributed by atoms with van der Waals surface area (Å²) in [6, 6.07) is 16.9. The van der Waals surface area contributed by atoms with Crippen LogP contribution >= 0.6 is 12.2 Å². The molecule has 0 saturated carbocycles. The first-order valence-electron chi connectivity index (χ1n) is 9.95. The van der Waals surface area contributed by atoms with Crippen LogP contribution in [0.1, 0.15) is 41.3 Å². The highest BCUT2D eigenvalue weighted by Gasteiger charge is 2.13. The second kappa shape index (κ2) is 8.65. The Balaban J connectivity index is 1.48. The van der Waals surface area contributed by atoms with Crippen molar-refractivity contribution in [1.29, 1.82) is 0 Å². The molecule has 0 aliphatic carbocycles. The van der Waals surface area contributed by atoms with E-state index < -0.39 is 0 Å². The number of hydrogen-bond donors (Lipinski definition) is 2. The largest absolute Gasteiger partial charge is 0.434 e. The number of carbonyl (C=O) groups is 1. The predicted molar refractivity (Wildman–Crippen MR) is 126 cm³/mol. The Morgan fingerprint density at radius 1 is 1.10 bits per heavy atom. The van der Waals surface area contributed by atoms with Crippen molar-refractivity contribution in [2.75, 3.05) is 5.32 Å². The lowest BCUT2D eigenvalue weighted by molar-refractivity contribution is 0.0977. The van der Waals surface area contributed by atoms with Crippen LogP contribution in [0.3, 0.4) is 0 Å². The summed E-state index contributed by atoms with van der Waals surface area (Å²) in [6.45, 7) is 6.18. The van der Waals surface area contributed by atoms with E-state index in [4.69, 9.17) is 16.6 Å². The lowest BCUT2D eigenvalue weighted by Gasteiger charge is -2.13. The third-order valence-electron chi connectivity index (χ3n) is 4.96. The summed E-state index contributed by atoms with van der Waals surface area (Å²) in [5, 5.41) is 6.05. The lowest BCUT2D eigenvalue weighted by Crippen LogP contribution is -2.34. The van der Waals surface area contributed by atoms with Gasteiger partial charge in [-0.2, -0.15) is 4.98 Å². The van der Waals surface area contributed by atoms with Gasteiger partial charge in [-0.3, -0.25) is 10.1 Å². The van der Waals surface area contributed by atoms with Crippen molar-refractivity contribution in [3.8, 4) is 11.5 Å². The molecule has 0 atom stereocenters. The summed E-state index contributed by atoms with van der Waals surface area (Å²) in [4.78, 5) is 21.2. The van der Waals surface area contributed by atoms with Crippen molar-refractivity contribution in [1.82, 2.24) is 15.3 Å². The smallest absolute Gasteiger partial charge is 0.257 e. The zero-order valence-electron chi connectivity index (χ0n) is 17.5. The van der Waals surface area contributed by atoms with Gasteiger partial charge in [-0.25, -0.2) is 4.98 Å². The number of amides is 1. The van der Waals surface area contributed by atoms with Gasteiger partial charge in [0.2, 0.25) is 5.89 Å². The number of anilines is 1. The average molecular weight is 431 g/mol. The summed E-state index contributed by atoms with van der Waals surface area (Å²) in [6.07, 6.45) is 1.67. The highest BCUT2D eigenvalue weighted by atomic mass is 32.1. The number of carbonyl (C=O) groups excluding carboxylic acids is 1. The van der Waals surface area contributed by atoms with Crippen LogP contribution in [0.4, 0.5) is 5.69 Å². The second-order valence-corrected chi connectivity index (χ2v) is 7.97. The van der Waals surface area contributed by atoms with Crippen molar-refractivity contribution in [2.24, 2.45) is 0 Å². The van der Waals surface area contributed by atoms with E-state index >= 15 is 0 Å². The zero-order valence-corrected chi connectivity index (χ0v) is 18.3. The Hall–Kier alpha value is -3.58. The summed E-state index contributed by atoms with van der Waals surface area (Å²) in [5.74, 6) is 0.621. The molecular formula is C24H22N4O2S.